The summed E-state index contributed by atoms with van der Waals surface area (Å²) in [6, 6.07) is 0. The van der Waals surface area contributed by atoms with Crippen LogP contribution in [0.1, 0.15) is 0 Å². The Kier molecular flexibility index (Phi) is 24.6. The molecule has 5 nitrogen and oxygen atoms in total. The fourth-order valence-electron chi connectivity index (χ4n) is 0. The Morgan fingerprint density at radius 1 is 1.33 bits per heavy atom. The molecule has 3 N–H and O–H groups in total. The normalized spacial score (nSPS) is 4.00. The van der Waals surface area contributed by atoms with Crippen LogP contribution in [0.3, 0.4) is 0 Å². The molecule has 0 aliphatic heterocycles. The van der Waals surface area contributed by atoms with E-state index < -0.39 is 5.09 Å². The third kappa shape index (κ3) is 5760. The second-order valence-corrected chi connectivity index (χ2v) is 0.224. The Morgan fingerprint density at radius 2 is 1.33 bits per heavy atom. The molecule has 0 aliphatic carbocycles. The first kappa shape index (κ1) is 16.5. The predicted molar refractivity (Wildman–Crippen MR) is 21.1 cm³/mol. The van der Waals surface area contributed by atoms with Crippen LogP contribution in [0.25, 0.3) is 0 Å². The molecule has 0 atom stereocenters. The minimum atomic E-state index is -1.75. The van der Waals surface area contributed by atoms with Gasteiger partial charge in [0.05, 0.1) is 5.09 Å². The molecule has 0 saturated carbocycles. The Hall–Kier alpha value is 0.0821. The molecule has 0 aromatic rings. The molecule has 0 aliphatic rings. The van der Waals surface area contributed by atoms with Crippen LogP contribution in [-0.4, -0.2) is 32.4 Å². The SMILES string of the molecule is N.O=[N+]([O-])[O-].[Tl]. The third-order valence-electron chi connectivity index (χ3n) is 0. The topological polar surface area (TPSA) is 101 Å². The minimum absolute atomic E-state index is 0. The van der Waals surface area contributed by atoms with Gasteiger partial charge in [0.15, 0.2) is 0 Å². The monoisotopic (exact) mass is 284 g/mol. The molecule has 0 spiro atoms. The van der Waals surface area contributed by atoms with Crippen LogP contribution in [0.15, 0.2) is 0 Å². The Labute approximate surface area is 54.2 Å². The summed E-state index contributed by atoms with van der Waals surface area (Å²) in [7, 11) is 0. The van der Waals surface area contributed by atoms with Crippen molar-refractivity contribution in [3.8, 4) is 0 Å². The Morgan fingerprint density at radius 3 is 1.33 bits per heavy atom. The van der Waals surface area contributed by atoms with Gasteiger partial charge in [0.1, 0.15) is 0 Å². The zero-order chi connectivity index (χ0) is 3.58. The summed E-state index contributed by atoms with van der Waals surface area (Å²) in [5.41, 5.74) is 0. The average molecular weight is 283 g/mol. The van der Waals surface area contributed by atoms with E-state index in [0.29, 0.717) is 0 Å². The van der Waals surface area contributed by atoms with Gasteiger partial charge < -0.3 is 21.5 Å². The van der Waals surface area contributed by atoms with Gasteiger partial charge in [0.2, 0.25) is 0 Å². The molecule has 0 aromatic carbocycles. The van der Waals surface area contributed by atoms with Crippen LogP contribution in [0.2, 0.25) is 0 Å². The van der Waals surface area contributed by atoms with Crippen LogP contribution >= 0.6 is 0 Å². The molecule has 35 valence electrons. The maximum Gasteiger partial charge on any atom is 0.0689 e. The quantitative estimate of drug-likeness (QED) is 0.369. The van der Waals surface area contributed by atoms with E-state index in [2.05, 4.69) is 0 Å². The van der Waals surface area contributed by atoms with Gasteiger partial charge in [-0.1, -0.05) is 0 Å². The molecule has 0 aromatic heterocycles. The molecule has 0 saturated heterocycles. The summed E-state index contributed by atoms with van der Waals surface area (Å²) in [6.07, 6.45) is 0. The molecular weight excluding hydrogens is 280 g/mol. The Balaban J connectivity index is -0.0000000450. The number of nitrogens with zero attached hydrogens (tertiary/aromatic N) is 1. The molecule has 0 heterocycles. The molecule has 6 heteroatoms. The summed E-state index contributed by atoms with van der Waals surface area (Å²) < 4.78 is 0. The van der Waals surface area contributed by atoms with Crippen LogP contribution in [0.5, 0.6) is 0 Å². The maximum atomic E-state index is 8.25. The van der Waals surface area contributed by atoms with E-state index in [4.69, 9.17) is 15.3 Å². The van der Waals surface area contributed by atoms with E-state index in [9.17, 15) is 0 Å². The first-order valence-electron chi connectivity index (χ1n) is 0.548. The fraction of sp³-hybridized carbons (Fsp3) is 0. The number of hydrogen-bond acceptors (Lipinski definition) is 4. The van der Waals surface area contributed by atoms with Crippen molar-refractivity contribution in [3.05, 3.63) is 15.3 Å². The van der Waals surface area contributed by atoms with E-state index >= 15 is 0 Å². The molecular formula is H3N2O3Tl-. The van der Waals surface area contributed by atoms with Crippen LogP contribution in [0, 0.1) is 15.3 Å². The van der Waals surface area contributed by atoms with E-state index in [1.165, 1.54) is 0 Å². The van der Waals surface area contributed by atoms with Crippen molar-refractivity contribution in [2.45, 2.75) is 0 Å². The molecule has 1 radical (unpaired) electrons. The maximum absolute atomic E-state index is 8.25. The van der Waals surface area contributed by atoms with E-state index in [1.807, 2.05) is 0 Å². The summed E-state index contributed by atoms with van der Waals surface area (Å²) in [5.74, 6) is 0. The van der Waals surface area contributed by atoms with E-state index in [1.54, 1.807) is 0 Å². The number of hydrogen-bond donors (Lipinski definition) is 1. The number of rotatable bonds is 0. The van der Waals surface area contributed by atoms with Gasteiger partial charge >= 0.3 is 0 Å². The van der Waals surface area contributed by atoms with Gasteiger partial charge in [-0.25, -0.2) is 0 Å². The van der Waals surface area contributed by atoms with E-state index in [-0.39, 0.29) is 33.4 Å². The molecule has 0 fully saturated rings. The fourth-order valence-corrected chi connectivity index (χ4v) is 0. The zero-order valence-electron chi connectivity index (χ0n) is 2.96. The summed E-state index contributed by atoms with van der Waals surface area (Å²) in [5, 5.41) is 14.8. The van der Waals surface area contributed by atoms with Crippen molar-refractivity contribution in [3.63, 3.8) is 0 Å². The Bertz CT molecular complexity index is 31.8. The van der Waals surface area contributed by atoms with Crippen LogP contribution in [-0.2, 0) is 0 Å². The second-order valence-electron chi connectivity index (χ2n) is 0.224. The zero-order valence-corrected chi connectivity index (χ0v) is 7.45. The first-order valence-corrected chi connectivity index (χ1v) is 0.548. The predicted octanol–water partition coefficient (Wildman–Crippen LogP) is -0.458. The standard InChI is InChI=1S/NO3.H3N.Tl/c2-1(3)4;;/h;1H3;/q-1;;. The van der Waals surface area contributed by atoms with Gasteiger partial charge in [-0.15, -0.1) is 0 Å². The average Bonchev–Trinajstić information content (AvgIpc) is 0.811. The van der Waals surface area contributed by atoms with Crippen molar-refractivity contribution in [1.29, 1.82) is 0 Å². The molecule has 6 heavy (non-hydrogen) atoms. The van der Waals surface area contributed by atoms with Gasteiger partial charge in [-0.2, -0.15) is 0 Å². The van der Waals surface area contributed by atoms with Crippen LogP contribution in [0.4, 0.5) is 0 Å². The third-order valence-corrected chi connectivity index (χ3v) is 0. The minimum Gasteiger partial charge on any atom is -0.356 e. The smallest absolute Gasteiger partial charge is 0.0689 e. The van der Waals surface area contributed by atoms with Gasteiger partial charge in [-0.05, 0) is 0 Å². The molecule has 0 unspecified atom stereocenters. The van der Waals surface area contributed by atoms with Crippen molar-refractivity contribution in [1.82, 2.24) is 6.15 Å². The molecule has 0 amide bonds. The van der Waals surface area contributed by atoms with Gasteiger partial charge in [0, 0.05) is 27.3 Å². The summed E-state index contributed by atoms with van der Waals surface area (Å²) >= 11 is 0. The van der Waals surface area contributed by atoms with Gasteiger partial charge in [-0.3, -0.25) is 0 Å². The largest absolute Gasteiger partial charge is 0.356 e. The second kappa shape index (κ2) is 8.91. The van der Waals surface area contributed by atoms with Crippen molar-refractivity contribution in [2.75, 3.05) is 0 Å². The van der Waals surface area contributed by atoms with Gasteiger partial charge in [0.25, 0.3) is 0 Å². The van der Waals surface area contributed by atoms with Crippen LogP contribution < -0.4 is 6.15 Å². The van der Waals surface area contributed by atoms with E-state index in [0.717, 1.165) is 0 Å². The molecule has 0 bridgehead atoms. The summed E-state index contributed by atoms with van der Waals surface area (Å²) in [4.78, 5) is 8.25. The first-order chi connectivity index (χ1) is 1.73. The summed E-state index contributed by atoms with van der Waals surface area (Å²) in [6.45, 7) is 0. The molecule has 0 rings (SSSR count). The van der Waals surface area contributed by atoms with Crippen molar-refractivity contribution >= 4 is 27.3 Å². The van der Waals surface area contributed by atoms with Crippen molar-refractivity contribution in [2.24, 2.45) is 0 Å². The van der Waals surface area contributed by atoms with Crippen molar-refractivity contribution < 1.29 is 5.09 Å².